The molecule has 0 spiro atoms. The van der Waals surface area contributed by atoms with E-state index in [0.29, 0.717) is 10.2 Å². The van der Waals surface area contributed by atoms with Crippen molar-refractivity contribution in [1.82, 2.24) is 9.78 Å². The Hall–Kier alpha value is -0.720. The van der Waals surface area contributed by atoms with Crippen molar-refractivity contribution >= 4 is 39.1 Å². The van der Waals surface area contributed by atoms with Crippen molar-refractivity contribution in [2.75, 3.05) is 0 Å². The van der Waals surface area contributed by atoms with Crippen LogP contribution in [0.3, 0.4) is 0 Å². The molecule has 0 radical (unpaired) electrons. The minimum atomic E-state index is -4.59. The summed E-state index contributed by atoms with van der Waals surface area (Å²) < 4.78 is 40.2. The van der Waals surface area contributed by atoms with Gasteiger partial charge >= 0.3 is 6.18 Å². The molecule has 2 rings (SSSR count). The summed E-state index contributed by atoms with van der Waals surface area (Å²) in [6.45, 7) is 0. The van der Waals surface area contributed by atoms with Gasteiger partial charge < -0.3 is 0 Å². The molecule has 0 bridgehead atoms. The summed E-state index contributed by atoms with van der Waals surface area (Å²) in [4.78, 5) is 0. The Morgan fingerprint density at radius 2 is 2.00 bits per heavy atom. The molecular weight excluding hydrogens is 368 g/mol. The van der Waals surface area contributed by atoms with E-state index < -0.39 is 11.9 Å². The van der Waals surface area contributed by atoms with Gasteiger partial charge in [-0.2, -0.15) is 18.3 Å². The third-order valence-corrected chi connectivity index (χ3v) is 3.52. The molecule has 0 aliphatic carbocycles. The van der Waals surface area contributed by atoms with Gasteiger partial charge in [-0.25, -0.2) is 4.68 Å². The van der Waals surface area contributed by atoms with E-state index in [0.717, 1.165) is 4.68 Å². The van der Waals surface area contributed by atoms with E-state index in [9.17, 15) is 13.2 Å². The predicted molar refractivity (Wildman–Crippen MR) is 70.8 cm³/mol. The largest absolute Gasteiger partial charge is 0.435 e. The topological polar surface area (TPSA) is 17.8 Å². The van der Waals surface area contributed by atoms with Crippen LogP contribution in [0.4, 0.5) is 13.2 Å². The van der Waals surface area contributed by atoms with E-state index in [4.69, 9.17) is 23.2 Å². The van der Waals surface area contributed by atoms with Crippen LogP contribution < -0.4 is 0 Å². The van der Waals surface area contributed by atoms with Gasteiger partial charge in [0.05, 0.1) is 11.6 Å². The Balaban J connectivity index is 2.63. The first-order valence-corrected chi connectivity index (χ1v) is 6.71. The van der Waals surface area contributed by atoms with Crippen molar-refractivity contribution in [3.8, 4) is 5.69 Å². The van der Waals surface area contributed by atoms with Crippen LogP contribution in [-0.2, 0) is 12.1 Å². The highest BCUT2D eigenvalue weighted by Gasteiger charge is 2.38. The first kappa shape index (κ1) is 14.7. The van der Waals surface area contributed by atoms with E-state index in [1.54, 1.807) is 24.3 Å². The van der Waals surface area contributed by atoms with Gasteiger partial charge in [0, 0.05) is 10.0 Å². The molecule has 1 heterocycles. The molecule has 0 fully saturated rings. The third kappa shape index (κ3) is 2.90. The highest BCUT2D eigenvalue weighted by atomic mass is 79.9. The minimum absolute atomic E-state index is 0.138. The van der Waals surface area contributed by atoms with Crippen LogP contribution in [0, 0.1) is 0 Å². The highest BCUT2D eigenvalue weighted by Crippen LogP contribution is 2.36. The molecule has 102 valence electrons. The summed E-state index contributed by atoms with van der Waals surface area (Å²) in [5, 5.41) is 3.38. The number of benzene rings is 1. The van der Waals surface area contributed by atoms with E-state index in [1.165, 1.54) is 0 Å². The van der Waals surface area contributed by atoms with Crippen LogP contribution in [-0.4, -0.2) is 9.78 Å². The summed E-state index contributed by atoms with van der Waals surface area (Å²) >= 11 is 14.7. The maximum atomic E-state index is 12.8. The molecule has 2 nitrogen and oxygen atoms in total. The lowest BCUT2D eigenvalue weighted by molar-refractivity contribution is -0.141. The van der Waals surface area contributed by atoms with Crippen molar-refractivity contribution in [3.05, 3.63) is 45.1 Å². The average Bonchev–Trinajstić information content (AvgIpc) is 2.66. The molecule has 1 aromatic carbocycles. The predicted octanol–water partition coefficient (Wildman–Crippen LogP) is 5.05. The zero-order chi connectivity index (χ0) is 14.2. The molecule has 0 saturated carbocycles. The number of aromatic nitrogens is 2. The first-order valence-electron chi connectivity index (χ1n) is 5.01. The van der Waals surface area contributed by atoms with Crippen LogP contribution >= 0.6 is 39.1 Å². The van der Waals surface area contributed by atoms with Crippen molar-refractivity contribution in [2.45, 2.75) is 12.1 Å². The molecule has 0 atom stereocenters. The summed E-state index contributed by atoms with van der Waals surface area (Å²) in [6, 6.07) is 6.62. The molecular formula is C11H6BrCl2F3N2. The Morgan fingerprint density at radius 3 is 2.47 bits per heavy atom. The fourth-order valence-corrected chi connectivity index (χ4v) is 2.56. The average molecular weight is 374 g/mol. The minimum Gasteiger partial charge on any atom is -0.221 e. The molecule has 1 aromatic heterocycles. The molecule has 8 heteroatoms. The maximum absolute atomic E-state index is 12.8. The van der Waals surface area contributed by atoms with Gasteiger partial charge in [0.1, 0.15) is 5.15 Å². The highest BCUT2D eigenvalue weighted by molar-refractivity contribution is 9.10. The number of halogens is 6. The third-order valence-electron chi connectivity index (χ3n) is 2.38. The number of rotatable bonds is 2. The quantitative estimate of drug-likeness (QED) is 0.674. The Bertz CT molecular complexity index is 610. The molecule has 2 aromatic rings. The van der Waals surface area contributed by atoms with Gasteiger partial charge in [-0.1, -0.05) is 33.6 Å². The van der Waals surface area contributed by atoms with E-state index in [-0.39, 0.29) is 16.6 Å². The van der Waals surface area contributed by atoms with Crippen LogP contribution in [0.2, 0.25) is 5.15 Å². The second-order valence-corrected chi connectivity index (χ2v) is 5.18. The number of alkyl halides is 4. The molecule has 0 aliphatic heterocycles. The maximum Gasteiger partial charge on any atom is 0.435 e. The van der Waals surface area contributed by atoms with Gasteiger partial charge in [0.15, 0.2) is 5.69 Å². The molecule has 0 amide bonds. The second kappa shape index (κ2) is 5.34. The molecule has 0 aliphatic rings. The fourth-order valence-electron chi connectivity index (χ4n) is 1.55. The standard InChI is InChI=1S/C11H6BrCl2F3N2/c12-6-2-1-3-7(4-6)19-10(14)8(5-13)9(18-19)11(15,16)17/h1-4H,5H2. The number of hydrogen-bond acceptors (Lipinski definition) is 1. The molecule has 19 heavy (non-hydrogen) atoms. The Morgan fingerprint density at radius 1 is 1.32 bits per heavy atom. The Labute approximate surface area is 125 Å². The van der Waals surface area contributed by atoms with Gasteiger partial charge in [-0.05, 0) is 18.2 Å². The summed E-state index contributed by atoms with van der Waals surface area (Å²) in [5.41, 5.74) is -0.871. The SMILES string of the molecule is FC(F)(F)c1nn(-c2cccc(Br)c2)c(Cl)c1CCl. The lowest BCUT2D eigenvalue weighted by atomic mass is 10.2. The molecule has 0 unspecified atom stereocenters. The van der Waals surface area contributed by atoms with E-state index >= 15 is 0 Å². The van der Waals surface area contributed by atoms with Crippen molar-refractivity contribution in [1.29, 1.82) is 0 Å². The van der Waals surface area contributed by atoms with Gasteiger partial charge in [0.25, 0.3) is 0 Å². The van der Waals surface area contributed by atoms with Crippen molar-refractivity contribution < 1.29 is 13.2 Å². The van der Waals surface area contributed by atoms with Crippen LogP contribution in [0.25, 0.3) is 5.69 Å². The Kier molecular flexibility index (Phi) is 4.13. The van der Waals surface area contributed by atoms with Crippen LogP contribution in [0.1, 0.15) is 11.3 Å². The fraction of sp³-hybridized carbons (Fsp3) is 0.182. The van der Waals surface area contributed by atoms with Crippen LogP contribution in [0.5, 0.6) is 0 Å². The van der Waals surface area contributed by atoms with Crippen LogP contribution in [0.15, 0.2) is 28.7 Å². The number of nitrogens with zero attached hydrogens (tertiary/aromatic N) is 2. The first-order chi connectivity index (χ1) is 8.84. The van der Waals surface area contributed by atoms with Crippen molar-refractivity contribution in [3.63, 3.8) is 0 Å². The van der Waals surface area contributed by atoms with Gasteiger partial charge in [-0.3, -0.25) is 0 Å². The molecule has 0 N–H and O–H groups in total. The number of hydrogen-bond donors (Lipinski definition) is 0. The lowest BCUT2D eigenvalue weighted by Gasteiger charge is -2.04. The van der Waals surface area contributed by atoms with E-state index in [2.05, 4.69) is 21.0 Å². The van der Waals surface area contributed by atoms with Gasteiger partial charge in [-0.15, -0.1) is 11.6 Å². The zero-order valence-corrected chi connectivity index (χ0v) is 12.3. The second-order valence-electron chi connectivity index (χ2n) is 3.64. The zero-order valence-electron chi connectivity index (χ0n) is 9.18. The summed E-state index contributed by atoms with van der Waals surface area (Å²) in [6.07, 6.45) is -4.59. The normalized spacial score (nSPS) is 11.9. The monoisotopic (exact) mass is 372 g/mol. The molecule has 0 saturated heterocycles. The van der Waals surface area contributed by atoms with E-state index in [1.807, 2.05) is 0 Å². The smallest absolute Gasteiger partial charge is 0.221 e. The summed E-state index contributed by atoms with van der Waals surface area (Å²) in [5.74, 6) is -0.359. The summed E-state index contributed by atoms with van der Waals surface area (Å²) in [7, 11) is 0. The van der Waals surface area contributed by atoms with Crippen molar-refractivity contribution in [2.24, 2.45) is 0 Å². The lowest BCUT2D eigenvalue weighted by Crippen LogP contribution is -2.09. The van der Waals surface area contributed by atoms with Gasteiger partial charge in [0.2, 0.25) is 0 Å².